The van der Waals surface area contributed by atoms with Crippen molar-refractivity contribution in [2.24, 2.45) is 52.2 Å². The van der Waals surface area contributed by atoms with Crippen molar-refractivity contribution >= 4 is 28.9 Å². The first-order valence-corrected chi connectivity index (χ1v) is 14.9. The summed E-state index contributed by atoms with van der Waals surface area (Å²) in [5.74, 6) is 11.1. The Balaban J connectivity index is 1.30. The molecule has 1 aromatic rings. The van der Waals surface area contributed by atoms with Gasteiger partial charge < -0.3 is 10.7 Å². The van der Waals surface area contributed by atoms with E-state index in [1.807, 2.05) is 24.5 Å². The van der Waals surface area contributed by atoms with Gasteiger partial charge in [0.25, 0.3) is 0 Å². The first-order chi connectivity index (χ1) is 16.2. The van der Waals surface area contributed by atoms with E-state index < -0.39 is 0 Å². The summed E-state index contributed by atoms with van der Waals surface area (Å²) in [5, 5.41) is 1.58. The molecule has 1 aromatic carbocycles. The van der Waals surface area contributed by atoms with Crippen LogP contribution in [-0.2, 0) is 4.79 Å². The fraction of sp³-hybridized carbons (Fsp3) is 0.759. The third kappa shape index (κ3) is 3.89. The number of thioether (sulfide) groups is 1. The Kier molecular flexibility index (Phi) is 6.50. The van der Waals surface area contributed by atoms with Crippen LogP contribution >= 0.6 is 11.8 Å². The lowest BCUT2D eigenvalue weighted by atomic mass is 9.44. The van der Waals surface area contributed by atoms with E-state index in [-0.39, 0.29) is 17.9 Å². The van der Waals surface area contributed by atoms with Gasteiger partial charge in [-0.05, 0) is 116 Å². The van der Waals surface area contributed by atoms with E-state index in [4.69, 9.17) is 11.6 Å². The monoisotopic (exact) mass is 483 g/mol. The third-order valence-corrected chi connectivity index (χ3v) is 11.9. The number of nitrogens with zero attached hydrogens (tertiary/aromatic N) is 1. The zero-order valence-corrected chi connectivity index (χ0v) is 22.5. The van der Waals surface area contributed by atoms with Gasteiger partial charge in [-0.2, -0.15) is 0 Å². The highest BCUT2D eigenvalue weighted by atomic mass is 32.2. The standard InChI is InChI=1S/C29H45N3OS/c1-18-11-13-28(2)19(15-18)5-7-21-22-8-9-24(29(22,3)14-12-23(21)28)27(33)17-32(31)26-10-6-20(34-4)16-25(26)30/h6,10,16,18-19,21-24H,5,7-9,11-15,17,30-31H2,1-4H3/t18-,19?,21?,22?,23?,24+,28?,29?/m0/s1. The van der Waals surface area contributed by atoms with E-state index in [0.717, 1.165) is 40.7 Å². The molecule has 0 aromatic heterocycles. The molecular formula is C29H45N3OS. The fourth-order valence-electron chi connectivity index (χ4n) is 9.29. The Morgan fingerprint density at radius 1 is 1.06 bits per heavy atom. The number of hydrazine groups is 1. The molecule has 4 nitrogen and oxygen atoms in total. The third-order valence-electron chi connectivity index (χ3n) is 11.2. The van der Waals surface area contributed by atoms with Gasteiger partial charge in [-0.3, -0.25) is 4.79 Å². The number of Topliss-reactive ketones (excluding diaryl/α,β-unsaturated/α-hetero) is 1. The van der Waals surface area contributed by atoms with Crippen LogP contribution < -0.4 is 16.6 Å². The summed E-state index contributed by atoms with van der Waals surface area (Å²) >= 11 is 1.66. The lowest BCUT2D eigenvalue weighted by molar-refractivity contribution is -0.135. The summed E-state index contributed by atoms with van der Waals surface area (Å²) < 4.78 is 0. The van der Waals surface area contributed by atoms with Crippen molar-refractivity contribution in [3.05, 3.63) is 18.2 Å². The van der Waals surface area contributed by atoms with Gasteiger partial charge in [0.15, 0.2) is 5.78 Å². The Bertz CT molecular complexity index is 936. The molecule has 0 amide bonds. The second-order valence-electron chi connectivity index (χ2n) is 12.7. The van der Waals surface area contributed by atoms with Crippen LogP contribution in [0, 0.1) is 46.3 Å². The number of rotatable bonds is 5. The van der Waals surface area contributed by atoms with Crippen molar-refractivity contribution in [2.45, 2.75) is 83.5 Å². The number of fused-ring (bicyclic) bond motifs is 5. The van der Waals surface area contributed by atoms with Gasteiger partial charge in [-0.25, -0.2) is 5.84 Å². The summed E-state index contributed by atoms with van der Waals surface area (Å²) in [4.78, 5) is 14.8. The second-order valence-corrected chi connectivity index (χ2v) is 13.6. The smallest absolute Gasteiger partial charge is 0.157 e. The van der Waals surface area contributed by atoms with Crippen molar-refractivity contribution in [2.75, 3.05) is 23.5 Å². The Morgan fingerprint density at radius 2 is 1.79 bits per heavy atom. The van der Waals surface area contributed by atoms with E-state index in [9.17, 15) is 4.79 Å². The molecule has 34 heavy (non-hydrogen) atoms. The van der Waals surface area contributed by atoms with Crippen LogP contribution in [0.2, 0.25) is 0 Å². The highest BCUT2D eigenvalue weighted by Crippen LogP contribution is 2.67. The lowest BCUT2D eigenvalue weighted by Crippen LogP contribution is -2.54. The highest BCUT2D eigenvalue weighted by molar-refractivity contribution is 7.98. The minimum absolute atomic E-state index is 0.133. The topological polar surface area (TPSA) is 72.3 Å². The summed E-state index contributed by atoms with van der Waals surface area (Å²) in [6, 6.07) is 5.92. The summed E-state index contributed by atoms with van der Waals surface area (Å²) in [6.45, 7) is 7.80. The van der Waals surface area contributed by atoms with E-state index in [1.165, 1.54) is 51.4 Å². The Morgan fingerprint density at radius 3 is 2.53 bits per heavy atom. The van der Waals surface area contributed by atoms with Gasteiger partial charge in [0.05, 0.1) is 17.9 Å². The van der Waals surface area contributed by atoms with Crippen molar-refractivity contribution in [3.63, 3.8) is 0 Å². The van der Waals surface area contributed by atoms with Gasteiger partial charge in [0, 0.05) is 10.8 Å². The molecule has 6 unspecified atom stereocenters. The fourth-order valence-corrected chi connectivity index (χ4v) is 9.73. The minimum Gasteiger partial charge on any atom is -0.397 e. The first-order valence-electron chi connectivity index (χ1n) is 13.7. The lowest BCUT2D eigenvalue weighted by Gasteiger charge is -2.61. The molecular weight excluding hydrogens is 438 g/mol. The summed E-state index contributed by atoms with van der Waals surface area (Å²) in [6.07, 6.45) is 13.9. The number of hydrogen-bond acceptors (Lipinski definition) is 5. The van der Waals surface area contributed by atoms with E-state index in [2.05, 4.69) is 20.8 Å². The molecule has 5 heteroatoms. The van der Waals surface area contributed by atoms with Gasteiger partial charge in [-0.1, -0.05) is 27.2 Å². The minimum atomic E-state index is 0.133. The quantitative estimate of drug-likeness (QED) is 0.215. The largest absolute Gasteiger partial charge is 0.397 e. The van der Waals surface area contributed by atoms with E-state index >= 15 is 0 Å². The van der Waals surface area contributed by atoms with E-state index in [0.29, 0.717) is 22.8 Å². The number of ketones is 1. The maximum Gasteiger partial charge on any atom is 0.157 e. The SMILES string of the molecule is CSc1ccc(N(N)CC(=O)[C@H]2CCC3C4CCC5C[C@@H](C)CCC5(C)C4CCC32C)c(N)c1. The van der Waals surface area contributed by atoms with Crippen LogP contribution in [0.25, 0.3) is 0 Å². The maximum atomic E-state index is 13.6. The molecule has 4 fully saturated rings. The zero-order chi connectivity index (χ0) is 24.3. The number of carbonyl (C=O) groups is 1. The summed E-state index contributed by atoms with van der Waals surface area (Å²) in [7, 11) is 0. The molecule has 0 spiro atoms. The average Bonchev–Trinajstić information content (AvgIpc) is 3.16. The van der Waals surface area contributed by atoms with Gasteiger partial charge in [0.2, 0.25) is 0 Å². The molecule has 8 atom stereocenters. The molecule has 5 rings (SSSR count). The van der Waals surface area contributed by atoms with E-state index in [1.54, 1.807) is 16.8 Å². The maximum absolute atomic E-state index is 13.6. The predicted molar refractivity (Wildman–Crippen MR) is 144 cm³/mol. The molecule has 4 saturated carbocycles. The number of hydrogen-bond donors (Lipinski definition) is 2. The number of nitrogens with two attached hydrogens (primary N) is 2. The molecule has 0 heterocycles. The van der Waals surface area contributed by atoms with Crippen LogP contribution in [0.3, 0.4) is 0 Å². The van der Waals surface area contributed by atoms with Crippen molar-refractivity contribution < 1.29 is 4.79 Å². The molecule has 0 aliphatic heterocycles. The zero-order valence-electron chi connectivity index (χ0n) is 21.7. The normalized spacial score (nSPS) is 41.3. The van der Waals surface area contributed by atoms with Crippen LogP contribution in [0.4, 0.5) is 11.4 Å². The first kappa shape index (κ1) is 24.5. The number of benzene rings is 1. The number of anilines is 2. The van der Waals surface area contributed by atoms with Gasteiger partial charge in [0.1, 0.15) is 0 Å². The molecule has 188 valence electrons. The Hall–Kier alpha value is -1.20. The number of nitrogen functional groups attached to an aromatic ring is 1. The predicted octanol–water partition coefficient (Wildman–Crippen LogP) is 6.53. The van der Waals surface area contributed by atoms with Crippen molar-refractivity contribution in [3.8, 4) is 0 Å². The highest BCUT2D eigenvalue weighted by Gasteiger charge is 2.60. The molecule has 4 N–H and O–H groups in total. The molecule has 4 aliphatic rings. The van der Waals surface area contributed by atoms with Crippen LogP contribution in [0.5, 0.6) is 0 Å². The van der Waals surface area contributed by atoms with Crippen LogP contribution in [-0.4, -0.2) is 18.6 Å². The molecule has 0 saturated heterocycles. The van der Waals surface area contributed by atoms with Crippen LogP contribution in [0.15, 0.2) is 23.1 Å². The second kappa shape index (κ2) is 9.03. The Labute approximate surface area is 210 Å². The van der Waals surface area contributed by atoms with Crippen LogP contribution in [0.1, 0.15) is 78.6 Å². The summed E-state index contributed by atoms with van der Waals surface area (Å²) in [5.41, 5.74) is 8.33. The number of carbonyl (C=O) groups excluding carboxylic acids is 1. The van der Waals surface area contributed by atoms with Gasteiger partial charge in [-0.15, -0.1) is 11.8 Å². The van der Waals surface area contributed by atoms with Crippen molar-refractivity contribution in [1.29, 1.82) is 0 Å². The van der Waals surface area contributed by atoms with Gasteiger partial charge >= 0.3 is 0 Å². The average molecular weight is 484 g/mol. The molecule has 0 bridgehead atoms. The van der Waals surface area contributed by atoms with Crippen molar-refractivity contribution in [1.82, 2.24) is 0 Å². The molecule has 0 radical (unpaired) electrons. The molecule has 4 aliphatic carbocycles.